The minimum Gasteiger partial charge on any atom is -0.490 e. The lowest BCUT2D eigenvalue weighted by Gasteiger charge is -2.47. The number of morpholine rings is 1. The first-order valence-corrected chi connectivity index (χ1v) is 20.6. The number of fused-ring (bicyclic) bond motifs is 4. The average molecular weight is 738 g/mol. The third-order valence-corrected chi connectivity index (χ3v) is 14.4. The summed E-state index contributed by atoms with van der Waals surface area (Å²) in [4.78, 5) is 4.71. The van der Waals surface area contributed by atoms with Gasteiger partial charge in [0.15, 0.2) is 0 Å². The van der Waals surface area contributed by atoms with Gasteiger partial charge in [-0.05, 0) is 104 Å². The van der Waals surface area contributed by atoms with Crippen molar-refractivity contribution in [3.63, 3.8) is 0 Å². The lowest BCUT2D eigenvalue weighted by Crippen LogP contribution is -2.52. The number of benzene rings is 2. The first kappa shape index (κ1) is 36.7. The van der Waals surface area contributed by atoms with Gasteiger partial charge in [-0.25, -0.2) is 8.42 Å². The Balaban J connectivity index is 1.26. The van der Waals surface area contributed by atoms with Crippen molar-refractivity contribution in [3.05, 3.63) is 70.3 Å². The molecule has 3 N–H and O–H groups in total. The lowest BCUT2D eigenvalue weighted by molar-refractivity contribution is -0.00330. The van der Waals surface area contributed by atoms with Crippen molar-refractivity contribution in [2.24, 2.45) is 17.8 Å². The van der Waals surface area contributed by atoms with Crippen LogP contribution in [0.2, 0.25) is 5.02 Å². The second-order valence-electron chi connectivity index (χ2n) is 15.5. The zero-order valence-corrected chi connectivity index (χ0v) is 31.4. The predicted molar refractivity (Wildman–Crippen MR) is 200 cm³/mol. The summed E-state index contributed by atoms with van der Waals surface area (Å²) in [5.74, 6) is 7.13. The molecule has 3 aliphatic heterocycles. The average Bonchev–Trinajstić information content (AvgIpc) is 3.24. The molecule has 1 unspecified atom stereocenters. The molecule has 3 heterocycles. The molecule has 2 bridgehead atoms. The van der Waals surface area contributed by atoms with Crippen LogP contribution in [0, 0.1) is 29.6 Å². The third-order valence-electron chi connectivity index (χ3n) is 12.2. The maximum absolute atomic E-state index is 13.5. The van der Waals surface area contributed by atoms with Gasteiger partial charge in [-0.2, -0.15) is 4.72 Å². The number of aliphatic hydroxyl groups excluding tert-OH is 1. The van der Waals surface area contributed by atoms with Crippen molar-refractivity contribution in [3.8, 4) is 17.6 Å². The van der Waals surface area contributed by atoms with E-state index in [0.717, 1.165) is 75.7 Å². The fourth-order valence-corrected chi connectivity index (χ4v) is 10.3. The fourth-order valence-electron chi connectivity index (χ4n) is 8.74. The maximum atomic E-state index is 13.5. The van der Waals surface area contributed by atoms with Crippen molar-refractivity contribution in [1.82, 2.24) is 9.62 Å². The van der Waals surface area contributed by atoms with Gasteiger partial charge in [-0.3, -0.25) is 4.90 Å². The third kappa shape index (κ3) is 7.73. The highest BCUT2D eigenvalue weighted by Gasteiger charge is 2.48. The van der Waals surface area contributed by atoms with Gasteiger partial charge in [0.25, 0.3) is 0 Å². The molecule has 1 saturated carbocycles. The number of anilines is 1. The Morgan fingerprint density at radius 2 is 1.94 bits per heavy atom. The number of rotatable bonds is 2. The SMILES string of the molecule is C[C@@H]1[C@@H](C)C/C=C/[C@@](O)(C#CCCN2CCOCC2)[C@@H]2CC[C@H]2CN2C[C@@]3(CCCc4cc(Cl)ccc43)COc3ccc(cc32)C(O)NS1(=O)=O. The Bertz CT molecular complexity index is 1790. The van der Waals surface area contributed by atoms with Crippen LogP contribution in [0.4, 0.5) is 5.69 Å². The molecule has 1 spiro atoms. The monoisotopic (exact) mass is 737 g/mol. The van der Waals surface area contributed by atoms with Crippen LogP contribution < -0.4 is 14.4 Å². The van der Waals surface area contributed by atoms with Gasteiger partial charge in [-0.15, -0.1) is 0 Å². The summed E-state index contributed by atoms with van der Waals surface area (Å²) >= 11 is 6.47. The van der Waals surface area contributed by atoms with E-state index in [2.05, 4.69) is 38.5 Å². The van der Waals surface area contributed by atoms with Crippen molar-refractivity contribution in [2.45, 2.75) is 81.3 Å². The number of hydrogen-bond acceptors (Lipinski definition) is 8. The van der Waals surface area contributed by atoms with Crippen LogP contribution in [-0.2, 0) is 26.6 Å². The van der Waals surface area contributed by atoms with E-state index in [-0.39, 0.29) is 23.2 Å². The van der Waals surface area contributed by atoms with E-state index in [1.54, 1.807) is 13.0 Å². The maximum Gasteiger partial charge on any atom is 0.216 e. The van der Waals surface area contributed by atoms with Crippen molar-refractivity contribution in [2.75, 3.05) is 57.4 Å². The zero-order chi connectivity index (χ0) is 35.8. The van der Waals surface area contributed by atoms with Crippen LogP contribution in [-0.4, -0.2) is 86.9 Å². The molecule has 7 atom stereocenters. The number of nitrogens with one attached hydrogen (secondary N) is 1. The van der Waals surface area contributed by atoms with Crippen molar-refractivity contribution >= 4 is 27.3 Å². The van der Waals surface area contributed by atoms with E-state index < -0.39 is 27.1 Å². The highest BCUT2D eigenvalue weighted by Crippen LogP contribution is 2.48. The highest BCUT2D eigenvalue weighted by molar-refractivity contribution is 7.90. The summed E-state index contributed by atoms with van der Waals surface area (Å²) in [6.45, 7) is 9.46. The van der Waals surface area contributed by atoms with Gasteiger partial charge < -0.3 is 24.6 Å². The fraction of sp³-hybridized carbons (Fsp3) is 0.600. The molecular weight excluding hydrogens is 686 g/mol. The summed E-state index contributed by atoms with van der Waals surface area (Å²) in [6.07, 6.45) is 8.15. The molecule has 276 valence electrons. The Hall–Kier alpha value is -2.62. The van der Waals surface area contributed by atoms with Gasteiger partial charge in [-0.1, -0.05) is 48.6 Å². The minimum atomic E-state index is -3.90. The van der Waals surface area contributed by atoms with Crippen LogP contribution in [0.5, 0.6) is 5.75 Å². The van der Waals surface area contributed by atoms with E-state index in [4.69, 9.17) is 21.1 Å². The number of hydrogen-bond donors (Lipinski definition) is 3. The molecule has 2 aromatic carbocycles. The number of nitrogens with zero attached hydrogens (tertiary/aromatic N) is 2. The summed E-state index contributed by atoms with van der Waals surface area (Å²) in [7, 11) is -3.90. The second kappa shape index (κ2) is 15.0. The van der Waals surface area contributed by atoms with Crippen LogP contribution in [0.25, 0.3) is 0 Å². The Kier molecular flexibility index (Phi) is 10.8. The molecule has 7 rings (SSSR count). The molecule has 5 aliphatic rings. The summed E-state index contributed by atoms with van der Waals surface area (Å²) in [5, 5.41) is 23.6. The molecule has 0 aromatic heterocycles. The number of sulfonamides is 1. The van der Waals surface area contributed by atoms with Crippen molar-refractivity contribution < 1.29 is 28.1 Å². The topological polar surface area (TPSA) is 112 Å². The van der Waals surface area contributed by atoms with Crippen LogP contribution in [0.15, 0.2) is 48.6 Å². The molecule has 0 amide bonds. The zero-order valence-electron chi connectivity index (χ0n) is 29.8. The lowest BCUT2D eigenvalue weighted by atomic mass is 9.64. The molecule has 2 aromatic rings. The van der Waals surface area contributed by atoms with E-state index in [1.807, 2.05) is 37.3 Å². The first-order chi connectivity index (χ1) is 24.5. The normalized spacial score (nSPS) is 34.5. The Labute approximate surface area is 308 Å². The van der Waals surface area contributed by atoms with Gasteiger partial charge in [0.1, 0.15) is 17.6 Å². The molecule has 2 fully saturated rings. The summed E-state index contributed by atoms with van der Waals surface area (Å²) in [6, 6.07) is 11.7. The smallest absolute Gasteiger partial charge is 0.216 e. The molecule has 11 heteroatoms. The largest absolute Gasteiger partial charge is 0.490 e. The second-order valence-corrected chi connectivity index (χ2v) is 18.0. The predicted octanol–water partition coefficient (Wildman–Crippen LogP) is 5.19. The van der Waals surface area contributed by atoms with Gasteiger partial charge in [0.05, 0.1) is 30.8 Å². The Morgan fingerprint density at radius 3 is 2.73 bits per heavy atom. The quantitative estimate of drug-likeness (QED) is 0.286. The molecular formula is C40H52ClN3O6S. The highest BCUT2D eigenvalue weighted by atomic mass is 35.5. The molecule has 9 nitrogen and oxygen atoms in total. The van der Waals surface area contributed by atoms with Crippen LogP contribution in [0.3, 0.4) is 0 Å². The molecule has 51 heavy (non-hydrogen) atoms. The molecule has 0 radical (unpaired) electrons. The molecule has 1 saturated heterocycles. The number of allylic oxidation sites excluding steroid dienone is 1. The summed E-state index contributed by atoms with van der Waals surface area (Å²) in [5.41, 5.74) is 2.14. The number of halogens is 1. The standard InChI is InChI=1S/C40H52ClN3O6S/c1-28-7-5-17-40(46,16-3-4-18-43-19-21-49-22-20-43)35-12-9-32(35)25-44-26-39(15-6-8-30-23-33(41)11-13-34(30)39)27-50-37-14-10-31(24-36(37)44)38(45)42-51(47,48)29(28)2/h5,10-11,13-14,17,23-24,28-29,32,35,38,42,45-46H,4,6-9,12,15,18-22,25-27H2,1-2H3/b17-5+/t28-,29+,32-,35+,38?,39-,40-/m0/s1. The van der Waals surface area contributed by atoms with Gasteiger partial charge >= 0.3 is 0 Å². The van der Waals surface area contributed by atoms with Gasteiger partial charge in [0, 0.05) is 55.5 Å². The van der Waals surface area contributed by atoms with E-state index in [9.17, 15) is 18.6 Å². The first-order valence-electron chi connectivity index (χ1n) is 18.7. The van der Waals surface area contributed by atoms with Crippen molar-refractivity contribution in [1.29, 1.82) is 0 Å². The van der Waals surface area contributed by atoms with E-state index >= 15 is 0 Å². The summed E-state index contributed by atoms with van der Waals surface area (Å²) < 4.78 is 41.7. The van der Waals surface area contributed by atoms with Gasteiger partial charge in [0.2, 0.25) is 10.0 Å². The number of aryl methyl sites for hydroxylation is 1. The number of ether oxygens (including phenoxy) is 2. The van der Waals surface area contributed by atoms with E-state index in [1.165, 1.54) is 11.1 Å². The van der Waals surface area contributed by atoms with E-state index in [0.29, 0.717) is 43.9 Å². The minimum absolute atomic E-state index is 0.0922. The Morgan fingerprint density at radius 1 is 1.12 bits per heavy atom. The molecule has 2 aliphatic carbocycles. The number of aliphatic hydroxyl groups is 2. The van der Waals surface area contributed by atoms with Crippen LogP contribution >= 0.6 is 11.6 Å². The van der Waals surface area contributed by atoms with Crippen LogP contribution in [0.1, 0.15) is 75.3 Å².